The molecule has 1 atom stereocenters. The van der Waals surface area contributed by atoms with Gasteiger partial charge in [0.25, 0.3) is 0 Å². The average molecular weight is 148 g/mol. The second-order valence-electron chi connectivity index (χ2n) is 2.29. The lowest BCUT2D eigenvalue weighted by Crippen LogP contribution is -2.07. The van der Waals surface area contributed by atoms with E-state index in [9.17, 15) is 0 Å². The Morgan fingerprint density at radius 3 is 2.62 bits per heavy atom. The van der Waals surface area contributed by atoms with Gasteiger partial charge in [-0.25, -0.2) is 0 Å². The molecule has 8 heavy (non-hydrogen) atoms. The van der Waals surface area contributed by atoms with Gasteiger partial charge in [-0.2, -0.15) is 0 Å². The standard InChI is InChI=1S/C6H12S2/c1-6(7-2)4-3-5-8-6/h3-5H2,1-2H3. The molecule has 0 aromatic heterocycles. The second-order valence-corrected chi connectivity index (χ2v) is 5.46. The Bertz CT molecular complexity index is 74.6. The van der Waals surface area contributed by atoms with Crippen LogP contribution in [-0.4, -0.2) is 16.1 Å². The van der Waals surface area contributed by atoms with E-state index in [2.05, 4.69) is 24.9 Å². The highest BCUT2D eigenvalue weighted by molar-refractivity contribution is 8.18. The van der Waals surface area contributed by atoms with E-state index in [4.69, 9.17) is 0 Å². The zero-order chi connectivity index (χ0) is 6.04. The van der Waals surface area contributed by atoms with Gasteiger partial charge in [0.2, 0.25) is 0 Å². The first-order valence-electron chi connectivity index (χ1n) is 2.96. The molecule has 0 saturated carbocycles. The lowest BCUT2D eigenvalue weighted by molar-refractivity contribution is 0.796. The Hall–Kier alpha value is 0.700. The van der Waals surface area contributed by atoms with Gasteiger partial charge in [-0.05, 0) is 31.8 Å². The first-order valence-corrected chi connectivity index (χ1v) is 5.17. The Kier molecular flexibility index (Phi) is 2.15. The third-order valence-electron chi connectivity index (χ3n) is 1.61. The number of hydrogen-bond acceptors (Lipinski definition) is 2. The topological polar surface area (TPSA) is 0 Å². The van der Waals surface area contributed by atoms with Crippen molar-refractivity contribution in [2.45, 2.75) is 23.8 Å². The molecule has 1 aliphatic heterocycles. The van der Waals surface area contributed by atoms with Gasteiger partial charge in [0.1, 0.15) is 0 Å². The Labute approximate surface area is 59.8 Å². The Morgan fingerprint density at radius 1 is 1.62 bits per heavy atom. The number of thioether (sulfide) groups is 2. The van der Waals surface area contributed by atoms with Crippen molar-refractivity contribution in [1.82, 2.24) is 0 Å². The van der Waals surface area contributed by atoms with Gasteiger partial charge in [0, 0.05) is 0 Å². The fourth-order valence-electron chi connectivity index (χ4n) is 0.915. The van der Waals surface area contributed by atoms with Crippen LogP contribution in [0, 0.1) is 0 Å². The summed E-state index contributed by atoms with van der Waals surface area (Å²) in [5.74, 6) is 1.37. The zero-order valence-corrected chi connectivity index (χ0v) is 7.07. The Morgan fingerprint density at radius 2 is 2.38 bits per heavy atom. The molecule has 2 heteroatoms. The van der Waals surface area contributed by atoms with E-state index in [1.807, 2.05) is 11.8 Å². The molecule has 1 rings (SSSR count). The quantitative estimate of drug-likeness (QED) is 0.560. The van der Waals surface area contributed by atoms with Crippen molar-refractivity contribution in [3.05, 3.63) is 0 Å². The molecular weight excluding hydrogens is 136 g/mol. The SMILES string of the molecule is CSC1(C)CCCS1. The fourth-order valence-corrected chi connectivity index (χ4v) is 2.99. The van der Waals surface area contributed by atoms with Crippen LogP contribution < -0.4 is 0 Å². The highest BCUT2D eigenvalue weighted by Gasteiger charge is 2.27. The minimum Gasteiger partial charge on any atom is -0.148 e. The van der Waals surface area contributed by atoms with Gasteiger partial charge < -0.3 is 0 Å². The van der Waals surface area contributed by atoms with Crippen molar-refractivity contribution < 1.29 is 0 Å². The molecule has 0 bridgehead atoms. The lowest BCUT2D eigenvalue weighted by atomic mass is 10.3. The molecule has 0 radical (unpaired) electrons. The monoisotopic (exact) mass is 148 g/mol. The predicted octanol–water partition coefficient (Wildman–Crippen LogP) is 2.59. The number of hydrogen-bond donors (Lipinski definition) is 0. The normalized spacial score (nSPS) is 38.2. The molecule has 1 aliphatic rings. The minimum absolute atomic E-state index is 0.569. The van der Waals surface area contributed by atoms with Crippen LogP contribution in [0.2, 0.25) is 0 Å². The summed E-state index contributed by atoms with van der Waals surface area (Å²) >= 11 is 4.11. The van der Waals surface area contributed by atoms with E-state index in [-0.39, 0.29) is 0 Å². The highest BCUT2D eigenvalue weighted by Crippen LogP contribution is 2.44. The number of rotatable bonds is 1. The van der Waals surface area contributed by atoms with E-state index in [1.54, 1.807) is 0 Å². The summed E-state index contributed by atoms with van der Waals surface area (Å²) in [6.45, 7) is 2.34. The summed E-state index contributed by atoms with van der Waals surface area (Å²) in [6.07, 6.45) is 5.03. The third kappa shape index (κ3) is 1.35. The maximum Gasteiger partial charge on any atom is 0.0580 e. The maximum atomic E-state index is 2.34. The van der Waals surface area contributed by atoms with E-state index >= 15 is 0 Å². The lowest BCUT2D eigenvalue weighted by Gasteiger charge is -2.18. The smallest absolute Gasteiger partial charge is 0.0580 e. The molecule has 1 saturated heterocycles. The summed E-state index contributed by atoms with van der Waals surface area (Å²) in [5.41, 5.74) is 0. The maximum absolute atomic E-state index is 2.34. The predicted molar refractivity (Wildman–Crippen MR) is 43.6 cm³/mol. The van der Waals surface area contributed by atoms with E-state index < -0.39 is 0 Å². The van der Waals surface area contributed by atoms with Crippen LogP contribution in [-0.2, 0) is 0 Å². The minimum atomic E-state index is 0.569. The summed E-state index contributed by atoms with van der Waals surface area (Å²) < 4.78 is 0.569. The molecule has 0 spiro atoms. The van der Waals surface area contributed by atoms with Gasteiger partial charge in [0.05, 0.1) is 4.08 Å². The molecule has 1 fully saturated rings. The molecule has 0 aromatic carbocycles. The summed E-state index contributed by atoms with van der Waals surface area (Å²) in [7, 11) is 0. The first-order chi connectivity index (χ1) is 3.77. The van der Waals surface area contributed by atoms with E-state index in [0.29, 0.717) is 4.08 Å². The van der Waals surface area contributed by atoms with Crippen LogP contribution in [0.3, 0.4) is 0 Å². The van der Waals surface area contributed by atoms with Gasteiger partial charge in [-0.3, -0.25) is 0 Å². The van der Waals surface area contributed by atoms with Gasteiger partial charge in [0.15, 0.2) is 0 Å². The van der Waals surface area contributed by atoms with Crippen LogP contribution in [0.1, 0.15) is 19.8 Å². The highest BCUT2D eigenvalue weighted by atomic mass is 32.2. The molecule has 1 heterocycles. The molecule has 1 unspecified atom stereocenters. The van der Waals surface area contributed by atoms with Crippen LogP contribution >= 0.6 is 23.5 Å². The molecule has 0 aromatic rings. The van der Waals surface area contributed by atoms with E-state index in [1.165, 1.54) is 18.6 Å². The largest absolute Gasteiger partial charge is 0.148 e. The van der Waals surface area contributed by atoms with Crippen molar-refractivity contribution >= 4 is 23.5 Å². The molecule has 48 valence electrons. The van der Waals surface area contributed by atoms with Crippen molar-refractivity contribution in [2.75, 3.05) is 12.0 Å². The van der Waals surface area contributed by atoms with Crippen molar-refractivity contribution in [3.63, 3.8) is 0 Å². The van der Waals surface area contributed by atoms with Crippen molar-refractivity contribution in [1.29, 1.82) is 0 Å². The van der Waals surface area contributed by atoms with Crippen LogP contribution in [0.15, 0.2) is 0 Å². The van der Waals surface area contributed by atoms with Crippen LogP contribution in [0.4, 0.5) is 0 Å². The van der Waals surface area contributed by atoms with Crippen molar-refractivity contribution in [3.8, 4) is 0 Å². The molecular formula is C6H12S2. The molecule has 0 aliphatic carbocycles. The van der Waals surface area contributed by atoms with Crippen molar-refractivity contribution in [2.24, 2.45) is 0 Å². The van der Waals surface area contributed by atoms with Gasteiger partial charge in [-0.15, -0.1) is 23.5 Å². The average Bonchev–Trinajstić information content (AvgIpc) is 2.17. The van der Waals surface area contributed by atoms with E-state index in [0.717, 1.165) is 0 Å². The Balaban J connectivity index is 2.40. The van der Waals surface area contributed by atoms with Crippen LogP contribution in [0.25, 0.3) is 0 Å². The molecule has 0 amide bonds. The third-order valence-corrected chi connectivity index (χ3v) is 4.84. The fraction of sp³-hybridized carbons (Fsp3) is 1.00. The summed E-state index contributed by atoms with van der Waals surface area (Å²) in [6, 6.07) is 0. The molecule has 0 N–H and O–H groups in total. The van der Waals surface area contributed by atoms with Crippen LogP contribution in [0.5, 0.6) is 0 Å². The van der Waals surface area contributed by atoms with Gasteiger partial charge in [-0.1, -0.05) is 0 Å². The second kappa shape index (κ2) is 2.53. The van der Waals surface area contributed by atoms with Gasteiger partial charge >= 0.3 is 0 Å². The summed E-state index contributed by atoms with van der Waals surface area (Å²) in [4.78, 5) is 0. The first kappa shape index (κ1) is 6.81. The zero-order valence-electron chi connectivity index (χ0n) is 5.44. The molecule has 0 nitrogen and oxygen atoms in total. The summed E-state index contributed by atoms with van der Waals surface area (Å²) in [5, 5.41) is 0.